The molecule has 2 fully saturated rings. The monoisotopic (exact) mass is 471 g/mol. The lowest BCUT2D eigenvalue weighted by atomic mass is 9.95. The van der Waals surface area contributed by atoms with Gasteiger partial charge in [0, 0.05) is 23.3 Å². The molecule has 2 aromatic carbocycles. The van der Waals surface area contributed by atoms with Gasteiger partial charge in [0.15, 0.2) is 0 Å². The largest absolute Gasteiger partial charge is 0.416 e. The van der Waals surface area contributed by atoms with Crippen molar-refractivity contribution >= 4 is 27.4 Å². The molecule has 2 N–H and O–H groups in total. The fourth-order valence-corrected chi connectivity index (χ4v) is 5.97. The number of carbonyl (C=O) groups excluding carboxylic acids is 1. The predicted molar refractivity (Wildman–Crippen MR) is 110 cm³/mol. The number of sulfonamides is 1. The second kappa shape index (κ2) is 7.60. The third-order valence-electron chi connectivity index (χ3n) is 6.66. The number of benzene rings is 2. The summed E-state index contributed by atoms with van der Waals surface area (Å²) in [6.07, 6.45) is -0.718. The molecule has 2 aliphatic rings. The molecule has 2 aliphatic carbocycles. The van der Waals surface area contributed by atoms with Crippen LogP contribution < -0.4 is 5.14 Å². The van der Waals surface area contributed by atoms with Gasteiger partial charge in [0.25, 0.3) is 0 Å². The smallest absolute Gasteiger partial charge is 0.299 e. The summed E-state index contributed by atoms with van der Waals surface area (Å²) in [7, 11) is -3.80. The van der Waals surface area contributed by atoms with Crippen LogP contribution in [0.4, 0.5) is 13.2 Å². The Morgan fingerprint density at radius 3 is 2.23 bits per heavy atom. The van der Waals surface area contributed by atoms with Crippen molar-refractivity contribution in [3.63, 3.8) is 0 Å². The van der Waals surface area contributed by atoms with Crippen LogP contribution in [0, 0.1) is 11.3 Å². The lowest BCUT2D eigenvalue weighted by Crippen LogP contribution is -2.12. The van der Waals surface area contributed by atoms with Gasteiger partial charge in [-0.15, -0.1) is 0 Å². The Morgan fingerprint density at radius 2 is 1.71 bits per heavy atom. The van der Waals surface area contributed by atoms with Crippen LogP contribution in [-0.4, -0.2) is 14.2 Å². The summed E-state index contributed by atoms with van der Waals surface area (Å²) >= 11 is 6.05. The van der Waals surface area contributed by atoms with Crippen LogP contribution in [0.15, 0.2) is 47.4 Å². The highest BCUT2D eigenvalue weighted by Gasteiger charge is 2.67. The Balaban J connectivity index is 1.57. The SMILES string of the molecule is NS(=O)(=O)c1ccc([C@@H]2[C@@H](C(=O)Cc3ccc(C(F)(F)F)cc3Cl)C23CCCC3)cc1. The number of rotatable bonds is 5. The molecule has 0 heterocycles. The molecule has 0 bridgehead atoms. The van der Waals surface area contributed by atoms with Gasteiger partial charge in [0.2, 0.25) is 10.0 Å². The Kier molecular flexibility index (Phi) is 5.47. The standard InChI is InChI=1S/C22H21ClF3NO3S/c23-17-12-15(22(24,25)26)6-3-14(17)11-18(28)20-19(21(20)9-1-2-10-21)13-4-7-16(8-5-13)31(27,29)30/h3-8,12,19-20H,1-2,9-11H2,(H2,27,29,30)/t19-,20-/m1/s1. The highest BCUT2D eigenvalue weighted by Crippen LogP contribution is 2.72. The number of hydrogen-bond donors (Lipinski definition) is 1. The van der Waals surface area contributed by atoms with Crippen molar-refractivity contribution in [2.75, 3.05) is 0 Å². The lowest BCUT2D eigenvalue weighted by molar-refractivity contribution is -0.137. The van der Waals surface area contributed by atoms with Crippen molar-refractivity contribution in [1.82, 2.24) is 0 Å². The van der Waals surface area contributed by atoms with Crippen molar-refractivity contribution < 1.29 is 26.4 Å². The van der Waals surface area contributed by atoms with Crippen LogP contribution >= 0.6 is 11.6 Å². The summed E-state index contributed by atoms with van der Waals surface area (Å²) < 4.78 is 61.6. The van der Waals surface area contributed by atoms with Crippen LogP contribution in [0.2, 0.25) is 5.02 Å². The predicted octanol–water partition coefficient (Wildman–Crippen LogP) is 5.09. The number of alkyl halides is 3. The minimum atomic E-state index is -4.50. The molecule has 0 amide bonds. The molecule has 2 atom stereocenters. The molecule has 2 saturated carbocycles. The average molecular weight is 472 g/mol. The molecule has 0 radical (unpaired) electrons. The van der Waals surface area contributed by atoms with E-state index in [2.05, 4.69) is 0 Å². The van der Waals surface area contributed by atoms with Gasteiger partial charge in [0.05, 0.1) is 10.5 Å². The maximum Gasteiger partial charge on any atom is 0.416 e. The van der Waals surface area contributed by atoms with Crippen LogP contribution in [-0.2, 0) is 27.4 Å². The van der Waals surface area contributed by atoms with Crippen molar-refractivity contribution in [2.45, 2.75) is 49.1 Å². The van der Waals surface area contributed by atoms with Gasteiger partial charge in [-0.05, 0) is 53.6 Å². The van der Waals surface area contributed by atoms with Gasteiger partial charge >= 0.3 is 6.18 Å². The van der Waals surface area contributed by atoms with E-state index in [1.807, 2.05) is 0 Å². The summed E-state index contributed by atoms with van der Waals surface area (Å²) in [5, 5.41) is 5.09. The third kappa shape index (κ3) is 4.13. The molecule has 166 valence electrons. The molecular weight excluding hydrogens is 451 g/mol. The fraction of sp³-hybridized carbons (Fsp3) is 0.409. The Morgan fingerprint density at radius 1 is 1.10 bits per heavy atom. The molecule has 4 rings (SSSR count). The van der Waals surface area contributed by atoms with Crippen LogP contribution in [0.5, 0.6) is 0 Å². The molecule has 1 spiro atoms. The average Bonchev–Trinajstić information content (AvgIpc) is 3.05. The first kappa shape index (κ1) is 22.3. The topological polar surface area (TPSA) is 77.2 Å². The lowest BCUT2D eigenvalue weighted by Gasteiger charge is -2.11. The molecule has 0 aliphatic heterocycles. The number of nitrogens with two attached hydrogens (primary N) is 1. The van der Waals surface area contributed by atoms with E-state index >= 15 is 0 Å². The number of ketones is 1. The van der Waals surface area contributed by atoms with Gasteiger partial charge in [0.1, 0.15) is 5.78 Å². The molecular formula is C22H21ClF3NO3S. The number of carbonyl (C=O) groups is 1. The van der Waals surface area contributed by atoms with Crippen molar-refractivity contribution in [3.8, 4) is 0 Å². The van der Waals surface area contributed by atoms with E-state index in [1.54, 1.807) is 12.1 Å². The maximum absolute atomic E-state index is 13.2. The molecule has 4 nitrogen and oxygen atoms in total. The summed E-state index contributed by atoms with van der Waals surface area (Å²) in [6, 6.07) is 9.34. The molecule has 0 saturated heterocycles. The molecule has 9 heteroatoms. The number of primary sulfonamides is 1. The van der Waals surface area contributed by atoms with Gasteiger partial charge in [-0.3, -0.25) is 4.79 Å². The summed E-state index contributed by atoms with van der Waals surface area (Å²) in [5.41, 5.74) is 0.243. The van der Waals surface area contributed by atoms with Gasteiger partial charge < -0.3 is 0 Å². The first-order valence-corrected chi connectivity index (χ1v) is 11.9. The third-order valence-corrected chi connectivity index (χ3v) is 7.94. The zero-order valence-corrected chi connectivity index (χ0v) is 18.0. The fourth-order valence-electron chi connectivity index (χ4n) is 5.21. The highest BCUT2D eigenvalue weighted by molar-refractivity contribution is 7.89. The maximum atomic E-state index is 13.2. The van der Waals surface area contributed by atoms with E-state index in [9.17, 15) is 26.4 Å². The van der Waals surface area contributed by atoms with Crippen molar-refractivity contribution in [1.29, 1.82) is 0 Å². The quantitative estimate of drug-likeness (QED) is 0.659. The first-order chi connectivity index (χ1) is 14.4. The van der Waals surface area contributed by atoms with E-state index in [4.69, 9.17) is 16.7 Å². The first-order valence-electron chi connectivity index (χ1n) is 9.94. The van der Waals surface area contributed by atoms with Crippen molar-refractivity contribution in [2.24, 2.45) is 16.5 Å². The Labute approximate surface area is 183 Å². The minimum absolute atomic E-state index is 0.0109. The van der Waals surface area contributed by atoms with E-state index in [-0.39, 0.29) is 39.4 Å². The number of hydrogen-bond acceptors (Lipinski definition) is 3. The Hall–Kier alpha value is -1.90. The number of Topliss-reactive ketones (excluding diaryl/α,β-unsaturated/α-hetero) is 1. The van der Waals surface area contributed by atoms with Gasteiger partial charge in [-0.25, -0.2) is 13.6 Å². The van der Waals surface area contributed by atoms with Crippen LogP contribution in [0.1, 0.15) is 48.3 Å². The van der Waals surface area contributed by atoms with E-state index in [1.165, 1.54) is 18.2 Å². The summed E-state index contributed by atoms with van der Waals surface area (Å²) in [5.74, 6) is -0.344. The molecule has 0 aromatic heterocycles. The van der Waals surface area contributed by atoms with Crippen LogP contribution in [0.25, 0.3) is 0 Å². The van der Waals surface area contributed by atoms with Crippen LogP contribution in [0.3, 0.4) is 0 Å². The van der Waals surface area contributed by atoms with E-state index in [0.29, 0.717) is 5.56 Å². The number of halogens is 4. The summed E-state index contributed by atoms with van der Waals surface area (Å²) in [4.78, 5) is 13.2. The van der Waals surface area contributed by atoms with E-state index < -0.39 is 21.8 Å². The molecule has 0 unspecified atom stereocenters. The normalized spacial score (nSPS) is 22.6. The van der Waals surface area contributed by atoms with Gasteiger partial charge in [-0.1, -0.05) is 42.6 Å². The zero-order chi connectivity index (χ0) is 22.6. The molecule has 2 aromatic rings. The van der Waals surface area contributed by atoms with Gasteiger partial charge in [-0.2, -0.15) is 13.2 Å². The van der Waals surface area contributed by atoms with E-state index in [0.717, 1.165) is 43.4 Å². The summed E-state index contributed by atoms with van der Waals surface area (Å²) in [6.45, 7) is 0. The van der Waals surface area contributed by atoms with Crippen molar-refractivity contribution in [3.05, 3.63) is 64.2 Å². The molecule has 31 heavy (non-hydrogen) atoms. The minimum Gasteiger partial charge on any atom is -0.299 e. The second-order valence-electron chi connectivity index (χ2n) is 8.46. The highest BCUT2D eigenvalue weighted by atomic mass is 35.5. The zero-order valence-electron chi connectivity index (χ0n) is 16.5. The second-order valence-corrected chi connectivity index (χ2v) is 10.4. The Bertz CT molecular complexity index is 1120.